The number of hydrogen-bond donors (Lipinski definition) is 0. The smallest absolute Gasteiger partial charge is 0.248 e. The van der Waals surface area contributed by atoms with E-state index in [2.05, 4.69) is 4.98 Å². The lowest BCUT2D eigenvalue weighted by molar-refractivity contribution is 0.600. The molecular weight excluding hydrogens is 284 g/mol. The highest BCUT2D eigenvalue weighted by molar-refractivity contribution is 8.15. The van der Waals surface area contributed by atoms with E-state index in [9.17, 15) is 16.8 Å². The van der Waals surface area contributed by atoms with Gasteiger partial charge >= 0.3 is 0 Å². The van der Waals surface area contributed by atoms with E-state index < -0.39 is 19.1 Å². The Bertz CT molecular complexity index is 561. The zero-order chi connectivity index (χ0) is 11.9. The van der Waals surface area contributed by atoms with Crippen molar-refractivity contribution in [3.63, 3.8) is 0 Å². The van der Waals surface area contributed by atoms with E-state index in [1.807, 2.05) is 0 Å². The van der Waals surface area contributed by atoms with Crippen molar-refractivity contribution in [2.45, 2.75) is 4.21 Å². The fourth-order valence-corrected chi connectivity index (χ4v) is 3.22. The highest BCUT2D eigenvalue weighted by atomic mass is 35.7. The van der Waals surface area contributed by atoms with E-state index in [-0.39, 0.29) is 9.34 Å². The molecule has 0 saturated carbocycles. The molecular formula is C5H7ClN2O4S3. The minimum Gasteiger partial charge on any atom is -0.248 e. The molecule has 10 heteroatoms. The Balaban J connectivity index is 3.17. The summed E-state index contributed by atoms with van der Waals surface area (Å²) in [4.78, 5) is 3.65. The predicted octanol–water partition coefficient (Wildman–Crippen LogP) is 0.466. The van der Waals surface area contributed by atoms with E-state index in [1.54, 1.807) is 0 Å². The molecule has 1 aromatic rings. The fourth-order valence-electron chi connectivity index (χ4n) is 0.651. The normalized spacial score (nSPS) is 12.7. The molecule has 1 heterocycles. The minimum atomic E-state index is -3.85. The van der Waals surface area contributed by atoms with Gasteiger partial charge in [0.25, 0.3) is 9.05 Å². The van der Waals surface area contributed by atoms with Crippen LogP contribution < -0.4 is 4.31 Å². The number of thiazole rings is 1. The molecule has 0 radical (unpaired) electrons. The van der Waals surface area contributed by atoms with Crippen molar-refractivity contribution >= 4 is 46.2 Å². The van der Waals surface area contributed by atoms with E-state index >= 15 is 0 Å². The van der Waals surface area contributed by atoms with Crippen molar-refractivity contribution in [2.75, 3.05) is 17.6 Å². The first-order chi connectivity index (χ1) is 6.62. The third kappa shape index (κ3) is 3.03. The summed E-state index contributed by atoms with van der Waals surface area (Å²) >= 11 is 0.691. The van der Waals surface area contributed by atoms with E-state index in [0.717, 1.165) is 16.8 Å². The maximum Gasteiger partial charge on any atom is 0.272 e. The van der Waals surface area contributed by atoms with Crippen LogP contribution in [0.1, 0.15) is 0 Å². The summed E-state index contributed by atoms with van der Waals surface area (Å²) in [7, 11) is -0.957. The number of anilines is 1. The van der Waals surface area contributed by atoms with Crippen LogP contribution in [0.2, 0.25) is 0 Å². The SMILES string of the molecule is CN(c1ncc(S(=O)(=O)Cl)s1)S(C)(=O)=O. The lowest BCUT2D eigenvalue weighted by atomic mass is 11.0. The molecule has 0 spiro atoms. The molecule has 0 saturated heterocycles. The summed E-state index contributed by atoms with van der Waals surface area (Å²) in [5, 5.41) is 0.0525. The lowest BCUT2D eigenvalue weighted by Gasteiger charge is -2.11. The Morgan fingerprint density at radius 2 is 1.93 bits per heavy atom. The maximum atomic E-state index is 11.1. The molecule has 0 aromatic carbocycles. The summed E-state index contributed by atoms with van der Waals surface area (Å²) in [5.74, 6) is 0. The maximum absolute atomic E-state index is 11.1. The zero-order valence-electron chi connectivity index (χ0n) is 7.71. The van der Waals surface area contributed by atoms with Crippen LogP contribution in [0, 0.1) is 0 Å². The molecule has 0 atom stereocenters. The second-order valence-corrected chi connectivity index (χ2v) is 8.45. The lowest BCUT2D eigenvalue weighted by Crippen LogP contribution is -2.24. The quantitative estimate of drug-likeness (QED) is 0.755. The van der Waals surface area contributed by atoms with Crippen molar-refractivity contribution in [3.8, 4) is 0 Å². The van der Waals surface area contributed by atoms with Gasteiger partial charge in [-0.3, -0.25) is 0 Å². The topological polar surface area (TPSA) is 84.4 Å². The number of nitrogens with zero attached hydrogens (tertiary/aromatic N) is 2. The Morgan fingerprint density at radius 3 is 2.27 bits per heavy atom. The summed E-state index contributed by atoms with van der Waals surface area (Å²) < 4.78 is 44.7. The van der Waals surface area contributed by atoms with E-state index in [1.165, 1.54) is 7.05 Å². The molecule has 0 fully saturated rings. The number of rotatable bonds is 3. The number of sulfonamides is 1. The van der Waals surface area contributed by atoms with E-state index in [4.69, 9.17) is 10.7 Å². The van der Waals surface area contributed by atoms with Crippen LogP contribution in [0.5, 0.6) is 0 Å². The molecule has 0 aliphatic carbocycles. The number of hydrogen-bond acceptors (Lipinski definition) is 6. The third-order valence-electron chi connectivity index (χ3n) is 1.48. The Kier molecular flexibility index (Phi) is 3.29. The van der Waals surface area contributed by atoms with Gasteiger partial charge in [-0.25, -0.2) is 26.1 Å². The molecule has 1 rings (SSSR count). The molecule has 0 bridgehead atoms. The molecule has 0 amide bonds. The minimum absolute atomic E-state index is 0.0525. The van der Waals surface area contributed by atoms with Crippen LogP contribution in [0.3, 0.4) is 0 Å². The van der Waals surface area contributed by atoms with Gasteiger partial charge in [-0.1, -0.05) is 11.3 Å². The summed E-state index contributed by atoms with van der Waals surface area (Å²) in [6.45, 7) is 0. The highest BCUT2D eigenvalue weighted by Gasteiger charge is 2.20. The monoisotopic (exact) mass is 290 g/mol. The van der Waals surface area contributed by atoms with Gasteiger partial charge in [-0.15, -0.1) is 0 Å². The van der Waals surface area contributed by atoms with Crippen LogP contribution in [-0.4, -0.2) is 35.1 Å². The van der Waals surface area contributed by atoms with E-state index in [0.29, 0.717) is 11.3 Å². The second-order valence-electron chi connectivity index (χ2n) is 2.63. The summed E-state index contributed by atoms with van der Waals surface area (Å²) in [5.41, 5.74) is 0. The number of halogens is 1. The van der Waals surface area contributed by atoms with Crippen LogP contribution >= 0.6 is 22.0 Å². The Hall–Kier alpha value is -0.380. The first-order valence-corrected chi connectivity index (χ1v) is 8.44. The van der Waals surface area contributed by atoms with Crippen LogP contribution in [0.15, 0.2) is 10.4 Å². The number of aromatic nitrogens is 1. The second kappa shape index (κ2) is 3.89. The zero-order valence-corrected chi connectivity index (χ0v) is 10.9. The van der Waals surface area contributed by atoms with Gasteiger partial charge in [0, 0.05) is 17.7 Å². The largest absolute Gasteiger partial charge is 0.272 e. The van der Waals surface area contributed by atoms with Crippen molar-refractivity contribution in [1.82, 2.24) is 4.98 Å². The molecule has 86 valence electrons. The third-order valence-corrected chi connectivity index (χ3v) is 5.90. The van der Waals surface area contributed by atoms with Crippen molar-refractivity contribution in [3.05, 3.63) is 6.20 Å². The first kappa shape index (κ1) is 12.7. The van der Waals surface area contributed by atoms with Gasteiger partial charge in [0.1, 0.15) is 0 Å². The summed E-state index contributed by atoms with van der Waals surface area (Å²) in [6, 6.07) is 0. The molecule has 0 N–H and O–H groups in total. The predicted molar refractivity (Wildman–Crippen MR) is 58.4 cm³/mol. The highest BCUT2D eigenvalue weighted by Crippen LogP contribution is 2.28. The fraction of sp³-hybridized carbons (Fsp3) is 0.400. The summed E-state index contributed by atoms with van der Waals surface area (Å²) in [6.07, 6.45) is 2.01. The van der Waals surface area contributed by atoms with Gasteiger partial charge in [-0.2, -0.15) is 0 Å². The molecule has 0 aliphatic heterocycles. The molecule has 0 aliphatic rings. The van der Waals surface area contributed by atoms with Crippen LogP contribution in [-0.2, 0) is 19.1 Å². The van der Waals surface area contributed by atoms with Crippen LogP contribution in [0.4, 0.5) is 5.13 Å². The Morgan fingerprint density at radius 1 is 1.40 bits per heavy atom. The average molecular weight is 291 g/mol. The molecule has 1 aromatic heterocycles. The van der Waals surface area contributed by atoms with Crippen molar-refractivity contribution < 1.29 is 16.8 Å². The van der Waals surface area contributed by atoms with Gasteiger partial charge in [-0.05, 0) is 0 Å². The average Bonchev–Trinajstić information content (AvgIpc) is 2.47. The Labute approximate surface area is 96.0 Å². The van der Waals surface area contributed by atoms with Crippen LogP contribution in [0.25, 0.3) is 0 Å². The van der Waals surface area contributed by atoms with Gasteiger partial charge in [0.2, 0.25) is 10.0 Å². The molecule has 15 heavy (non-hydrogen) atoms. The van der Waals surface area contributed by atoms with Crippen molar-refractivity contribution in [2.24, 2.45) is 0 Å². The molecule has 6 nitrogen and oxygen atoms in total. The van der Waals surface area contributed by atoms with Gasteiger partial charge in [0.05, 0.1) is 12.5 Å². The van der Waals surface area contributed by atoms with Crippen molar-refractivity contribution in [1.29, 1.82) is 0 Å². The van der Waals surface area contributed by atoms with Gasteiger partial charge < -0.3 is 0 Å². The standard InChI is InChI=1S/C5H7ClN2O4S3/c1-8(14(2,9)10)5-7-3-4(13-5)15(6,11)12/h3H,1-2H3. The first-order valence-electron chi connectivity index (χ1n) is 3.47. The molecule has 0 unspecified atom stereocenters. The van der Waals surface area contributed by atoms with Gasteiger partial charge in [0.15, 0.2) is 9.34 Å².